The molecule has 4 nitrogen and oxygen atoms in total. The van der Waals surface area contributed by atoms with Crippen LogP contribution in [0, 0.1) is 0 Å². The van der Waals surface area contributed by atoms with Crippen molar-refractivity contribution < 1.29 is 9.31 Å². The van der Waals surface area contributed by atoms with Crippen molar-refractivity contribution in [3.63, 3.8) is 0 Å². The number of aryl methyl sites for hydroxylation is 1. The van der Waals surface area contributed by atoms with Gasteiger partial charge in [-0.25, -0.2) is 4.98 Å². The predicted octanol–water partition coefficient (Wildman–Crippen LogP) is 1.40. The number of nitrogens with zero attached hydrogens (tertiary/aromatic N) is 2. The van der Waals surface area contributed by atoms with Gasteiger partial charge in [0.25, 0.3) is 0 Å². The molecule has 0 spiro atoms. The van der Waals surface area contributed by atoms with E-state index in [1.54, 1.807) is 0 Å². The zero-order chi connectivity index (χ0) is 12.0. The second-order valence-electron chi connectivity index (χ2n) is 4.99. The standard InChI is InChI=1S/C10H17BN2O2S/c1-6-7-12-8(16-13-7)11-14-9(2,3)10(4,5)15-11/h6H2,1-5H3. The van der Waals surface area contributed by atoms with Gasteiger partial charge < -0.3 is 9.31 Å². The third-order valence-electron chi connectivity index (χ3n) is 3.25. The van der Waals surface area contributed by atoms with Crippen LogP contribution in [0.25, 0.3) is 0 Å². The summed E-state index contributed by atoms with van der Waals surface area (Å²) in [5, 5.41) is 0. The SMILES string of the molecule is CCc1nsc(B2OC(C)(C)C(C)(C)O2)n1. The van der Waals surface area contributed by atoms with Gasteiger partial charge in [-0.15, -0.1) is 0 Å². The van der Waals surface area contributed by atoms with Crippen molar-refractivity contribution in [2.24, 2.45) is 0 Å². The highest BCUT2D eigenvalue weighted by Crippen LogP contribution is 2.36. The Morgan fingerprint density at radius 3 is 2.19 bits per heavy atom. The van der Waals surface area contributed by atoms with Crippen molar-refractivity contribution in [2.45, 2.75) is 52.2 Å². The summed E-state index contributed by atoms with van der Waals surface area (Å²) in [4.78, 5) is 5.21. The van der Waals surface area contributed by atoms with Gasteiger partial charge >= 0.3 is 7.12 Å². The Kier molecular flexibility index (Phi) is 2.84. The van der Waals surface area contributed by atoms with Crippen LogP contribution in [-0.4, -0.2) is 27.7 Å². The Balaban J connectivity index is 2.20. The van der Waals surface area contributed by atoms with E-state index >= 15 is 0 Å². The molecule has 88 valence electrons. The first-order valence-electron chi connectivity index (χ1n) is 5.54. The van der Waals surface area contributed by atoms with Gasteiger partial charge in [-0.05, 0) is 39.2 Å². The molecule has 0 unspecified atom stereocenters. The first-order valence-corrected chi connectivity index (χ1v) is 6.31. The van der Waals surface area contributed by atoms with Crippen molar-refractivity contribution in [1.82, 2.24) is 9.36 Å². The number of hydrogen-bond donors (Lipinski definition) is 0. The molecule has 1 aliphatic heterocycles. The van der Waals surface area contributed by atoms with Crippen LogP contribution < -0.4 is 4.91 Å². The predicted molar refractivity (Wildman–Crippen MR) is 65.0 cm³/mol. The molecule has 16 heavy (non-hydrogen) atoms. The van der Waals surface area contributed by atoms with Crippen molar-refractivity contribution in [3.8, 4) is 0 Å². The fraction of sp³-hybridized carbons (Fsp3) is 0.800. The lowest BCUT2D eigenvalue weighted by Gasteiger charge is -2.32. The van der Waals surface area contributed by atoms with E-state index in [9.17, 15) is 0 Å². The zero-order valence-electron chi connectivity index (χ0n) is 10.4. The lowest BCUT2D eigenvalue weighted by atomic mass is 9.90. The highest BCUT2D eigenvalue weighted by Gasteiger charge is 2.53. The van der Waals surface area contributed by atoms with E-state index < -0.39 is 0 Å². The molecular formula is C10H17BN2O2S. The molecule has 2 rings (SSSR count). The summed E-state index contributed by atoms with van der Waals surface area (Å²) in [5.41, 5.74) is -0.620. The maximum atomic E-state index is 5.89. The lowest BCUT2D eigenvalue weighted by molar-refractivity contribution is 0.00578. The molecule has 0 saturated carbocycles. The summed E-state index contributed by atoms with van der Waals surface area (Å²) in [6.45, 7) is 10.2. The van der Waals surface area contributed by atoms with Crippen LogP contribution in [0.3, 0.4) is 0 Å². The first-order chi connectivity index (χ1) is 7.36. The second-order valence-corrected chi connectivity index (χ2v) is 5.77. The molecule has 1 aromatic heterocycles. The van der Waals surface area contributed by atoms with E-state index in [4.69, 9.17) is 9.31 Å². The van der Waals surface area contributed by atoms with E-state index in [0.29, 0.717) is 0 Å². The summed E-state index contributed by atoms with van der Waals surface area (Å²) in [5.74, 6) is 0.856. The van der Waals surface area contributed by atoms with Gasteiger partial charge in [0.15, 0.2) is 0 Å². The molecule has 2 heterocycles. The van der Waals surface area contributed by atoms with Crippen molar-refractivity contribution in [3.05, 3.63) is 5.82 Å². The molecule has 0 aromatic carbocycles. The molecule has 1 fully saturated rings. The topological polar surface area (TPSA) is 44.2 Å². The minimum atomic E-state index is -0.372. The molecule has 1 aromatic rings. The van der Waals surface area contributed by atoms with E-state index in [2.05, 4.69) is 9.36 Å². The summed E-state index contributed by atoms with van der Waals surface area (Å²) < 4.78 is 16.0. The largest absolute Gasteiger partial charge is 0.527 e. The highest BCUT2D eigenvalue weighted by molar-refractivity contribution is 7.16. The van der Waals surface area contributed by atoms with Crippen molar-refractivity contribution in [1.29, 1.82) is 0 Å². The molecule has 0 radical (unpaired) electrons. The Morgan fingerprint density at radius 2 is 1.75 bits per heavy atom. The normalized spacial score (nSPS) is 22.7. The van der Waals surface area contributed by atoms with E-state index in [-0.39, 0.29) is 18.3 Å². The molecule has 0 amide bonds. The van der Waals surface area contributed by atoms with Crippen LogP contribution in [0.4, 0.5) is 0 Å². The third kappa shape index (κ3) is 1.89. The monoisotopic (exact) mass is 240 g/mol. The van der Waals surface area contributed by atoms with Gasteiger partial charge in [0.2, 0.25) is 0 Å². The van der Waals surface area contributed by atoms with Gasteiger partial charge in [0.05, 0.1) is 11.2 Å². The Hall–Kier alpha value is -0.455. The van der Waals surface area contributed by atoms with Gasteiger partial charge in [-0.2, -0.15) is 4.37 Å². The highest BCUT2D eigenvalue weighted by atomic mass is 32.1. The first kappa shape index (κ1) is 12.0. The van der Waals surface area contributed by atoms with E-state index in [1.165, 1.54) is 11.5 Å². The van der Waals surface area contributed by atoms with Crippen LogP contribution in [0.1, 0.15) is 40.4 Å². The van der Waals surface area contributed by atoms with Crippen LogP contribution in [-0.2, 0) is 15.7 Å². The van der Waals surface area contributed by atoms with Gasteiger partial charge in [0.1, 0.15) is 10.7 Å². The quantitative estimate of drug-likeness (QED) is 0.733. The van der Waals surface area contributed by atoms with Crippen LogP contribution in [0.5, 0.6) is 0 Å². The minimum absolute atomic E-state index is 0.310. The Bertz CT molecular complexity index is 376. The van der Waals surface area contributed by atoms with E-state index in [0.717, 1.165) is 17.2 Å². The van der Waals surface area contributed by atoms with Crippen LogP contribution in [0.15, 0.2) is 0 Å². The molecule has 0 aliphatic carbocycles. The molecule has 0 bridgehead atoms. The Morgan fingerprint density at radius 1 is 1.19 bits per heavy atom. The summed E-state index contributed by atoms with van der Waals surface area (Å²) >= 11 is 1.36. The Labute approximate surface area is 101 Å². The van der Waals surface area contributed by atoms with Gasteiger partial charge in [-0.3, -0.25) is 0 Å². The number of aromatic nitrogens is 2. The van der Waals surface area contributed by atoms with Gasteiger partial charge in [0, 0.05) is 6.42 Å². The fourth-order valence-corrected chi connectivity index (χ4v) is 2.15. The van der Waals surface area contributed by atoms with Crippen molar-refractivity contribution in [2.75, 3.05) is 0 Å². The average molecular weight is 240 g/mol. The maximum absolute atomic E-state index is 5.89. The molecule has 1 saturated heterocycles. The smallest absolute Gasteiger partial charge is 0.398 e. The maximum Gasteiger partial charge on any atom is 0.527 e. The minimum Gasteiger partial charge on any atom is -0.398 e. The summed E-state index contributed by atoms with van der Waals surface area (Å²) in [6, 6.07) is 0. The number of hydrogen-bond acceptors (Lipinski definition) is 5. The molecule has 0 atom stereocenters. The van der Waals surface area contributed by atoms with E-state index in [1.807, 2.05) is 34.6 Å². The molecular weight excluding hydrogens is 223 g/mol. The van der Waals surface area contributed by atoms with Crippen LogP contribution in [0.2, 0.25) is 0 Å². The summed E-state index contributed by atoms with van der Waals surface area (Å²) in [6.07, 6.45) is 0.843. The lowest BCUT2D eigenvalue weighted by Crippen LogP contribution is -2.41. The van der Waals surface area contributed by atoms with Gasteiger partial charge in [-0.1, -0.05) is 6.92 Å². The third-order valence-corrected chi connectivity index (χ3v) is 4.03. The average Bonchev–Trinajstić information content (AvgIpc) is 2.70. The zero-order valence-corrected chi connectivity index (χ0v) is 11.2. The van der Waals surface area contributed by atoms with Crippen LogP contribution >= 0.6 is 11.5 Å². The van der Waals surface area contributed by atoms with Crippen molar-refractivity contribution >= 4 is 23.6 Å². The number of rotatable bonds is 2. The molecule has 0 N–H and O–H groups in total. The second kappa shape index (κ2) is 3.79. The molecule has 1 aliphatic rings. The fourth-order valence-electron chi connectivity index (χ4n) is 1.45. The summed E-state index contributed by atoms with van der Waals surface area (Å²) in [7, 11) is -0.372. The molecule has 6 heteroatoms.